The topological polar surface area (TPSA) is 18.5 Å². The Labute approximate surface area is 128 Å². The monoisotopic (exact) mass is 308 g/mol. The van der Waals surface area contributed by atoms with Gasteiger partial charge >= 0.3 is 0 Å². The van der Waals surface area contributed by atoms with Crippen LogP contribution >= 0.6 is 23.2 Å². The van der Waals surface area contributed by atoms with E-state index in [0.717, 1.165) is 11.1 Å². The largest absolute Gasteiger partial charge is 0.496 e. The van der Waals surface area contributed by atoms with Gasteiger partial charge in [0, 0.05) is 10.6 Å². The molecule has 0 radical (unpaired) electrons. The second kappa shape index (κ2) is 5.65. The van der Waals surface area contributed by atoms with Crippen LogP contribution in [0.1, 0.15) is 27.6 Å². The highest BCUT2D eigenvalue weighted by Crippen LogP contribution is 2.37. The second-order valence-corrected chi connectivity index (χ2v) is 5.64. The van der Waals surface area contributed by atoms with Gasteiger partial charge in [-0.1, -0.05) is 35.9 Å². The number of hydrogen-bond acceptors (Lipinski definition) is 2. The summed E-state index contributed by atoms with van der Waals surface area (Å²) >= 11 is 12.6. The molecule has 4 heteroatoms. The summed E-state index contributed by atoms with van der Waals surface area (Å²) in [5, 5.41) is 0.366. The second-order valence-electron chi connectivity index (χ2n) is 4.77. The maximum absolute atomic E-state index is 6.61. The number of ether oxygens (including phenoxy) is 2. The Balaban J connectivity index is 1.98. The van der Waals surface area contributed by atoms with Gasteiger partial charge in [0.15, 0.2) is 0 Å². The van der Waals surface area contributed by atoms with Crippen molar-refractivity contribution in [3.05, 3.63) is 63.7 Å². The fourth-order valence-electron chi connectivity index (χ4n) is 2.42. The van der Waals surface area contributed by atoms with E-state index in [9.17, 15) is 0 Å². The molecule has 0 N–H and O–H groups in total. The molecule has 0 aromatic heterocycles. The number of rotatable bonds is 3. The van der Waals surface area contributed by atoms with E-state index in [0.29, 0.717) is 24.0 Å². The van der Waals surface area contributed by atoms with Crippen LogP contribution in [-0.4, -0.2) is 7.11 Å². The molecule has 0 fully saturated rings. The molecule has 1 heterocycles. The third kappa shape index (κ3) is 2.51. The van der Waals surface area contributed by atoms with Crippen LogP contribution in [0.5, 0.6) is 5.75 Å². The Bertz CT molecular complexity index is 640. The van der Waals surface area contributed by atoms with Crippen LogP contribution in [0.15, 0.2) is 36.4 Å². The molecular weight excluding hydrogens is 295 g/mol. The normalized spacial score (nSPS) is 14.9. The van der Waals surface area contributed by atoms with Gasteiger partial charge < -0.3 is 9.47 Å². The number of benzene rings is 2. The zero-order valence-corrected chi connectivity index (χ0v) is 12.5. The van der Waals surface area contributed by atoms with E-state index < -0.39 is 0 Å². The maximum Gasteiger partial charge on any atom is 0.125 e. The lowest BCUT2D eigenvalue weighted by Crippen LogP contribution is -1.98. The van der Waals surface area contributed by atoms with E-state index in [1.807, 2.05) is 18.2 Å². The van der Waals surface area contributed by atoms with Crippen molar-refractivity contribution in [2.45, 2.75) is 18.6 Å². The summed E-state index contributed by atoms with van der Waals surface area (Å²) in [6, 6.07) is 11.7. The molecule has 3 rings (SSSR count). The molecule has 2 nitrogen and oxygen atoms in total. The van der Waals surface area contributed by atoms with Gasteiger partial charge in [-0.15, -0.1) is 11.6 Å². The Kier molecular flexibility index (Phi) is 3.88. The molecule has 2 aromatic rings. The molecule has 0 spiro atoms. The van der Waals surface area contributed by atoms with Gasteiger partial charge in [0.1, 0.15) is 5.75 Å². The van der Waals surface area contributed by atoms with Gasteiger partial charge in [-0.25, -0.2) is 0 Å². The minimum atomic E-state index is -0.270. The van der Waals surface area contributed by atoms with E-state index in [1.165, 1.54) is 11.1 Å². The summed E-state index contributed by atoms with van der Waals surface area (Å²) in [6.07, 6.45) is 0. The smallest absolute Gasteiger partial charge is 0.125 e. The maximum atomic E-state index is 6.61. The Morgan fingerprint density at radius 2 is 1.90 bits per heavy atom. The number of fused-ring (bicyclic) bond motifs is 1. The van der Waals surface area contributed by atoms with Crippen LogP contribution in [-0.2, 0) is 18.0 Å². The summed E-state index contributed by atoms with van der Waals surface area (Å²) in [7, 11) is 1.62. The first-order chi connectivity index (χ1) is 9.69. The number of halogens is 2. The van der Waals surface area contributed by atoms with Crippen molar-refractivity contribution in [1.82, 2.24) is 0 Å². The molecule has 0 amide bonds. The van der Waals surface area contributed by atoms with Crippen molar-refractivity contribution >= 4 is 23.2 Å². The van der Waals surface area contributed by atoms with Crippen LogP contribution < -0.4 is 4.74 Å². The van der Waals surface area contributed by atoms with E-state index >= 15 is 0 Å². The van der Waals surface area contributed by atoms with Crippen LogP contribution in [0.25, 0.3) is 0 Å². The quantitative estimate of drug-likeness (QED) is 0.765. The summed E-state index contributed by atoms with van der Waals surface area (Å²) in [4.78, 5) is 0. The first-order valence-corrected chi connectivity index (χ1v) is 7.17. The van der Waals surface area contributed by atoms with Crippen molar-refractivity contribution in [2.75, 3.05) is 7.11 Å². The summed E-state index contributed by atoms with van der Waals surface area (Å²) < 4.78 is 10.8. The van der Waals surface area contributed by atoms with Crippen molar-refractivity contribution in [3.8, 4) is 5.75 Å². The van der Waals surface area contributed by atoms with Crippen LogP contribution in [0.4, 0.5) is 0 Å². The summed E-state index contributed by atoms with van der Waals surface area (Å²) in [6.45, 7) is 1.34. The number of hydrogen-bond donors (Lipinski definition) is 0. The minimum absolute atomic E-state index is 0.270. The van der Waals surface area contributed by atoms with Gasteiger partial charge in [-0.05, 0) is 28.8 Å². The zero-order valence-electron chi connectivity index (χ0n) is 11.0. The average molecular weight is 309 g/mol. The Hall–Kier alpha value is -1.22. The molecule has 1 unspecified atom stereocenters. The summed E-state index contributed by atoms with van der Waals surface area (Å²) in [5.41, 5.74) is 4.40. The molecule has 104 valence electrons. The lowest BCUT2D eigenvalue weighted by molar-refractivity contribution is 0.134. The third-order valence-corrected chi connectivity index (χ3v) is 4.23. The molecule has 1 aliphatic rings. The SMILES string of the molecule is COc1cc(Cl)ccc1C(Cl)c1ccc2c(c1)COC2. The molecule has 0 saturated carbocycles. The molecular formula is C16H14Cl2O2. The molecule has 1 aliphatic heterocycles. The molecule has 2 aromatic carbocycles. The Morgan fingerprint density at radius 1 is 1.10 bits per heavy atom. The minimum Gasteiger partial charge on any atom is -0.496 e. The standard InChI is InChI=1S/C16H14Cl2O2/c1-19-15-7-13(17)4-5-14(15)16(18)10-2-3-11-8-20-9-12(11)6-10/h2-7,16H,8-9H2,1H3. The van der Waals surface area contributed by atoms with Gasteiger partial charge in [-0.3, -0.25) is 0 Å². The lowest BCUT2D eigenvalue weighted by Gasteiger charge is -2.15. The fourth-order valence-corrected chi connectivity index (χ4v) is 2.90. The van der Waals surface area contributed by atoms with Crippen molar-refractivity contribution < 1.29 is 9.47 Å². The van der Waals surface area contributed by atoms with Crippen molar-refractivity contribution in [1.29, 1.82) is 0 Å². The fraction of sp³-hybridized carbons (Fsp3) is 0.250. The van der Waals surface area contributed by atoms with E-state index in [2.05, 4.69) is 12.1 Å². The number of alkyl halides is 1. The van der Waals surface area contributed by atoms with E-state index in [4.69, 9.17) is 32.7 Å². The van der Waals surface area contributed by atoms with E-state index in [-0.39, 0.29) is 5.38 Å². The van der Waals surface area contributed by atoms with Crippen LogP contribution in [0, 0.1) is 0 Å². The van der Waals surface area contributed by atoms with Crippen LogP contribution in [0.2, 0.25) is 5.02 Å². The average Bonchev–Trinajstić information content (AvgIpc) is 2.93. The molecule has 20 heavy (non-hydrogen) atoms. The lowest BCUT2D eigenvalue weighted by atomic mass is 9.99. The molecule has 0 aliphatic carbocycles. The van der Waals surface area contributed by atoms with Crippen LogP contribution in [0.3, 0.4) is 0 Å². The number of methoxy groups -OCH3 is 1. The molecule has 1 atom stereocenters. The van der Waals surface area contributed by atoms with Gasteiger partial charge in [-0.2, -0.15) is 0 Å². The third-order valence-electron chi connectivity index (χ3n) is 3.51. The Morgan fingerprint density at radius 3 is 2.70 bits per heavy atom. The molecule has 0 bridgehead atoms. The predicted octanol–water partition coefficient (Wildman–Crippen LogP) is 4.71. The zero-order chi connectivity index (χ0) is 14.1. The highest BCUT2D eigenvalue weighted by molar-refractivity contribution is 6.30. The highest BCUT2D eigenvalue weighted by Gasteiger charge is 2.19. The first kappa shape index (κ1) is 13.7. The van der Waals surface area contributed by atoms with E-state index in [1.54, 1.807) is 13.2 Å². The first-order valence-electron chi connectivity index (χ1n) is 6.36. The molecule has 0 saturated heterocycles. The predicted molar refractivity (Wildman–Crippen MR) is 80.6 cm³/mol. The summed E-state index contributed by atoms with van der Waals surface area (Å²) in [5.74, 6) is 0.703. The van der Waals surface area contributed by atoms with Gasteiger partial charge in [0.2, 0.25) is 0 Å². The van der Waals surface area contributed by atoms with Gasteiger partial charge in [0.25, 0.3) is 0 Å². The van der Waals surface area contributed by atoms with Crippen molar-refractivity contribution in [2.24, 2.45) is 0 Å². The van der Waals surface area contributed by atoms with Gasteiger partial charge in [0.05, 0.1) is 25.7 Å². The van der Waals surface area contributed by atoms with Crippen molar-refractivity contribution in [3.63, 3.8) is 0 Å². The highest BCUT2D eigenvalue weighted by atomic mass is 35.5.